The smallest absolute Gasteiger partial charge is 0.0140 e. The summed E-state index contributed by atoms with van der Waals surface area (Å²) in [6.45, 7) is 2.27. The van der Waals surface area contributed by atoms with E-state index in [2.05, 4.69) is 110 Å². The Morgan fingerprint density at radius 2 is 0.929 bits per heavy atom. The van der Waals surface area contributed by atoms with E-state index in [0.717, 1.165) is 6.42 Å². The molecule has 0 aliphatic rings. The van der Waals surface area contributed by atoms with Gasteiger partial charge in [0.15, 0.2) is 0 Å². The van der Waals surface area contributed by atoms with Crippen molar-refractivity contribution in [3.8, 4) is 33.4 Å². The second-order valence-electron chi connectivity index (χ2n) is 7.25. The van der Waals surface area contributed by atoms with Crippen molar-refractivity contribution in [3.05, 3.63) is 109 Å². The molecule has 0 heterocycles. The molecule has 4 aromatic rings. The fourth-order valence-electron chi connectivity index (χ4n) is 3.84. The van der Waals surface area contributed by atoms with Crippen molar-refractivity contribution in [2.45, 2.75) is 26.2 Å². The third-order valence-electron chi connectivity index (χ3n) is 5.31. The van der Waals surface area contributed by atoms with E-state index >= 15 is 0 Å². The fourth-order valence-corrected chi connectivity index (χ4v) is 3.84. The van der Waals surface area contributed by atoms with Crippen molar-refractivity contribution < 1.29 is 0 Å². The molecule has 138 valence electrons. The Kier molecular flexibility index (Phi) is 5.68. The van der Waals surface area contributed by atoms with E-state index in [4.69, 9.17) is 0 Å². The molecule has 0 fully saturated rings. The van der Waals surface area contributed by atoms with Crippen LogP contribution in [0.1, 0.15) is 25.3 Å². The lowest BCUT2D eigenvalue weighted by molar-refractivity contribution is 0.797. The van der Waals surface area contributed by atoms with E-state index in [0.29, 0.717) is 0 Å². The number of hydrogen-bond acceptors (Lipinski definition) is 0. The molecule has 0 N–H and O–H groups in total. The van der Waals surface area contributed by atoms with Gasteiger partial charge in [-0.2, -0.15) is 0 Å². The van der Waals surface area contributed by atoms with Gasteiger partial charge in [0.2, 0.25) is 0 Å². The predicted octanol–water partition coefficient (Wildman–Crippen LogP) is 8.03. The summed E-state index contributed by atoms with van der Waals surface area (Å²) in [5.74, 6) is 0. The lowest BCUT2D eigenvalue weighted by Gasteiger charge is -2.18. The molecule has 0 nitrogen and oxygen atoms in total. The number of rotatable bonds is 6. The molecule has 0 saturated heterocycles. The van der Waals surface area contributed by atoms with E-state index in [1.54, 1.807) is 0 Å². The van der Waals surface area contributed by atoms with Crippen LogP contribution >= 0.6 is 0 Å². The van der Waals surface area contributed by atoms with Crippen LogP contribution < -0.4 is 0 Å². The van der Waals surface area contributed by atoms with Crippen molar-refractivity contribution in [1.82, 2.24) is 0 Å². The van der Waals surface area contributed by atoms with E-state index in [1.807, 2.05) is 0 Å². The lowest BCUT2D eigenvalue weighted by Crippen LogP contribution is -1.97. The van der Waals surface area contributed by atoms with Crippen LogP contribution in [0.4, 0.5) is 0 Å². The molecular formula is C28H26. The van der Waals surface area contributed by atoms with Gasteiger partial charge in [-0.15, -0.1) is 0 Å². The first-order valence-electron chi connectivity index (χ1n) is 10.2. The molecule has 28 heavy (non-hydrogen) atoms. The summed E-state index contributed by atoms with van der Waals surface area (Å²) in [5, 5.41) is 0. The molecule has 0 amide bonds. The van der Waals surface area contributed by atoms with Crippen LogP contribution in [0, 0.1) is 0 Å². The highest BCUT2D eigenvalue weighted by atomic mass is 14.2. The second kappa shape index (κ2) is 8.71. The molecule has 0 bridgehead atoms. The monoisotopic (exact) mass is 362 g/mol. The summed E-state index contributed by atoms with van der Waals surface area (Å²) in [6.07, 6.45) is 3.49. The highest BCUT2D eigenvalue weighted by molar-refractivity contribution is 5.85. The van der Waals surface area contributed by atoms with Gasteiger partial charge in [0.1, 0.15) is 0 Å². The Hall–Kier alpha value is -3.12. The molecule has 4 rings (SSSR count). The van der Waals surface area contributed by atoms with Crippen LogP contribution in [0.3, 0.4) is 0 Å². The van der Waals surface area contributed by atoms with E-state index < -0.39 is 0 Å². The van der Waals surface area contributed by atoms with Crippen LogP contribution in [-0.4, -0.2) is 0 Å². The third-order valence-corrected chi connectivity index (χ3v) is 5.31. The summed E-state index contributed by atoms with van der Waals surface area (Å²) >= 11 is 0. The van der Waals surface area contributed by atoms with Gasteiger partial charge in [-0.3, -0.25) is 0 Å². The molecule has 0 atom stereocenters. The molecule has 4 aromatic carbocycles. The first kappa shape index (κ1) is 18.3. The topological polar surface area (TPSA) is 0 Å². The van der Waals surface area contributed by atoms with E-state index in [1.165, 1.54) is 51.8 Å². The SMILES string of the molecule is CCCCc1c(-c2ccccc2)cc(-c2ccccc2)cc1-c1ccccc1. The Morgan fingerprint density at radius 1 is 0.500 bits per heavy atom. The van der Waals surface area contributed by atoms with Crippen LogP contribution in [0.15, 0.2) is 103 Å². The minimum Gasteiger partial charge on any atom is -0.0654 e. The van der Waals surface area contributed by atoms with Crippen molar-refractivity contribution in [1.29, 1.82) is 0 Å². The largest absolute Gasteiger partial charge is 0.0654 e. The zero-order valence-electron chi connectivity index (χ0n) is 16.4. The van der Waals surface area contributed by atoms with Crippen molar-refractivity contribution in [2.24, 2.45) is 0 Å². The summed E-state index contributed by atoms with van der Waals surface area (Å²) in [7, 11) is 0. The average molecular weight is 363 g/mol. The minimum atomic E-state index is 1.10. The maximum absolute atomic E-state index is 2.38. The normalized spacial score (nSPS) is 10.8. The number of benzene rings is 4. The number of unbranched alkanes of at least 4 members (excludes halogenated alkanes) is 1. The van der Waals surface area contributed by atoms with Crippen LogP contribution in [-0.2, 0) is 6.42 Å². The van der Waals surface area contributed by atoms with Crippen LogP contribution in [0.5, 0.6) is 0 Å². The first-order valence-corrected chi connectivity index (χ1v) is 10.2. The Balaban J connectivity index is 1.99. The molecule has 0 unspecified atom stereocenters. The Bertz CT molecular complexity index is 955. The van der Waals surface area contributed by atoms with Gasteiger partial charge in [0.25, 0.3) is 0 Å². The highest BCUT2D eigenvalue weighted by Crippen LogP contribution is 2.38. The number of hydrogen-bond donors (Lipinski definition) is 0. The van der Waals surface area contributed by atoms with E-state index in [9.17, 15) is 0 Å². The first-order chi connectivity index (χ1) is 13.9. The fraction of sp³-hybridized carbons (Fsp3) is 0.143. The highest BCUT2D eigenvalue weighted by Gasteiger charge is 2.14. The average Bonchev–Trinajstić information content (AvgIpc) is 2.79. The standard InChI is InChI=1S/C28H26/c1-2-3-19-26-27(23-15-9-5-10-16-23)20-25(22-13-7-4-8-14-22)21-28(26)24-17-11-6-12-18-24/h4-18,20-21H,2-3,19H2,1H3. The summed E-state index contributed by atoms with van der Waals surface area (Å²) in [4.78, 5) is 0. The van der Waals surface area contributed by atoms with Crippen molar-refractivity contribution in [3.63, 3.8) is 0 Å². The molecule has 0 spiro atoms. The van der Waals surface area contributed by atoms with Gasteiger partial charge in [-0.25, -0.2) is 0 Å². The molecule has 0 saturated carbocycles. The maximum Gasteiger partial charge on any atom is -0.0140 e. The molecule has 0 radical (unpaired) electrons. The molecular weight excluding hydrogens is 336 g/mol. The van der Waals surface area contributed by atoms with Crippen molar-refractivity contribution >= 4 is 0 Å². The summed E-state index contributed by atoms with van der Waals surface area (Å²) in [5.41, 5.74) is 9.30. The summed E-state index contributed by atoms with van der Waals surface area (Å²) < 4.78 is 0. The van der Waals surface area contributed by atoms with Gasteiger partial charge in [-0.05, 0) is 63.9 Å². The van der Waals surface area contributed by atoms with Gasteiger partial charge in [0, 0.05) is 0 Å². The zero-order valence-corrected chi connectivity index (χ0v) is 16.4. The third kappa shape index (κ3) is 3.92. The molecule has 0 heteroatoms. The Labute approximate surface area is 168 Å². The van der Waals surface area contributed by atoms with Gasteiger partial charge in [-0.1, -0.05) is 104 Å². The van der Waals surface area contributed by atoms with Gasteiger partial charge in [0.05, 0.1) is 0 Å². The zero-order chi connectivity index (χ0) is 19.2. The lowest BCUT2D eigenvalue weighted by atomic mass is 9.86. The van der Waals surface area contributed by atoms with Crippen molar-refractivity contribution in [2.75, 3.05) is 0 Å². The minimum absolute atomic E-state index is 1.10. The second-order valence-corrected chi connectivity index (χ2v) is 7.25. The van der Waals surface area contributed by atoms with Crippen LogP contribution in [0.25, 0.3) is 33.4 Å². The maximum atomic E-state index is 2.38. The molecule has 0 aliphatic carbocycles. The van der Waals surface area contributed by atoms with Gasteiger partial charge < -0.3 is 0 Å². The quantitative estimate of drug-likeness (QED) is 0.325. The Morgan fingerprint density at radius 3 is 1.36 bits per heavy atom. The molecule has 0 aromatic heterocycles. The van der Waals surface area contributed by atoms with Gasteiger partial charge >= 0.3 is 0 Å². The van der Waals surface area contributed by atoms with E-state index in [-0.39, 0.29) is 0 Å². The predicted molar refractivity (Wildman–Crippen MR) is 121 cm³/mol. The van der Waals surface area contributed by atoms with Crippen LogP contribution in [0.2, 0.25) is 0 Å². The summed E-state index contributed by atoms with van der Waals surface area (Å²) in [6, 6.07) is 37.1. The molecule has 0 aliphatic heterocycles.